The third kappa shape index (κ3) is 2.01. The average Bonchev–Trinajstić information content (AvgIpc) is 2.29. The lowest BCUT2D eigenvalue weighted by molar-refractivity contribution is -0.130. The quantitative estimate of drug-likeness (QED) is 0.670. The van der Waals surface area contributed by atoms with Crippen molar-refractivity contribution in [3.63, 3.8) is 0 Å². The maximum absolute atomic E-state index is 11.7. The van der Waals surface area contributed by atoms with E-state index in [4.69, 9.17) is 5.26 Å². The van der Waals surface area contributed by atoms with Gasteiger partial charge >= 0.3 is 0 Å². The Morgan fingerprint density at radius 3 is 2.44 bits per heavy atom. The molecule has 80 valence electrons. The summed E-state index contributed by atoms with van der Waals surface area (Å²) in [5.41, 5.74) is 1.50. The van der Waals surface area contributed by atoms with E-state index in [0.717, 1.165) is 5.56 Å². The molecule has 0 aliphatic heterocycles. The molecule has 2 rings (SSSR count). The van der Waals surface area contributed by atoms with Gasteiger partial charge in [0.1, 0.15) is 11.6 Å². The second kappa shape index (κ2) is 4.28. The van der Waals surface area contributed by atoms with Gasteiger partial charge < -0.3 is 0 Å². The Balaban J connectivity index is 2.21. The molecule has 1 aliphatic rings. The summed E-state index contributed by atoms with van der Waals surface area (Å²) in [5.74, 6) is -0.124. The molecule has 16 heavy (non-hydrogen) atoms. The Kier molecular flexibility index (Phi) is 2.82. The van der Waals surface area contributed by atoms with Crippen molar-refractivity contribution in [2.24, 2.45) is 0 Å². The molecule has 1 fully saturated rings. The van der Waals surface area contributed by atoms with Crippen molar-refractivity contribution in [1.29, 1.82) is 5.26 Å². The van der Waals surface area contributed by atoms with Crippen molar-refractivity contribution >= 4 is 11.6 Å². The fourth-order valence-corrected chi connectivity index (χ4v) is 2.01. The van der Waals surface area contributed by atoms with E-state index in [2.05, 4.69) is 0 Å². The molecular formula is C13H11NO2. The third-order valence-corrected chi connectivity index (χ3v) is 2.91. The minimum Gasteiger partial charge on any atom is -0.299 e. The normalized spacial score (nSPS) is 20.6. The summed E-state index contributed by atoms with van der Waals surface area (Å²) in [5, 5.41) is 8.66. The molecule has 3 nitrogen and oxygen atoms in total. The first-order valence-corrected chi connectivity index (χ1v) is 5.25. The van der Waals surface area contributed by atoms with Crippen molar-refractivity contribution in [1.82, 2.24) is 0 Å². The van der Waals surface area contributed by atoms with Crippen LogP contribution in [-0.2, 0) is 9.59 Å². The van der Waals surface area contributed by atoms with Gasteiger partial charge in [-0.15, -0.1) is 0 Å². The molecule has 0 radical (unpaired) electrons. The van der Waals surface area contributed by atoms with Gasteiger partial charge in [0, 0.05) is 12.3 Å². The second-order valence-electron chi connectivity index (χ2n) is 4.01. The molecule has 0 bridgehead atoms. The van der Waals surface area contributed by atoms with Gasteiger partial charge in [-0.25, -0.2) is 0 Å². The number of nitrogens with zero attached hydrogens (tertiary/aromatic N) is 1. The van der Waals surface area contributed by atoms with Crippen LogP contribution < -0.4 is 0 Å². The number of nitriles is 1. The van der Waals surface area contributed by atoms with Crippen molar-refractivity contribution in [3.8, 4) is 6.07 Å². The van der Waals surface area contributed by atoms with Crippen LogP contribution >= 0.6 is 0 Å². The second-order valence-corrected chi connectivity index (χ2v) is 4.01. The zero-order valence-electron chi connectivity index (χ0n) is 8.77. The van der Waals surface area contributed by atoms with Gasteiger partial charge in [0.2, 0.25) is 0 Å². The number of hydrogen-bond donors (Lipinski definition) is 0. The number of rotatable bonds is 1. The molecule has 0 spiro atoms. The summed E-state index contributed by atoms with van der Waals surface area (Å²) in [6.45, 7) is 0. The van der Waals surface area contributed by atoms with Crippen molar-refractivity contribution in [2.75, 3.05) is 0 Å². The predicted octanol–water partition coefficient (Wildman–Crippen LogP) is 1.96. The Morgan fingerprint density at radius 1 is 1.19 bits per heavy atom. The highest BCUT2D eigenvalue weighted by Gasteiger charge is 2.27. The van der Waals surface area contributed by atoms with Crippen LogP contribution in [0.1, 0.15) is 36.3 Å². The minimum absolute atomic E-state index is 0.000887. The number of carbonyl (C=O) groups excluding carboxylic acids is 2. The molecule has 0 N–H and O–H groups in total. The average molecular weight is 213 g/mol. The topological polar surface area (TPSA) is 57.9 Å². The maximum Gasteiger partial charge on any atom is 0.147 e. The lowest BCUT2D eigenvalue weighted by atomic mass is 9.82. The van der Waals surface area contributed by atoms with Crippen LogP contribution in [0.3, 0.4) is 0 Å². The van der Waals surface area contributed by atoms with Gasteiger partial charge in [0.15, 0.2) is 0 Å². The van der Waals surface area contributed by atoms with Crippen LogP contribution in [0.4, 0.5) is 0 Å². The van der Waals surface area contributed by atoms with E-state index < -0.39 is 0 Å². The summed E-state index contributed by atoms with van der Waals surface area (Å²) < 4.78 is 0. The summed E-state index contributed by atoms with van der Waals surface area (Å²) >= 11 is 0. The summed E-state index contributed by atoms with van der Waals surface area (Å²) in [6, 6.07) is 9.06. The van der Waals surface area contributed by atoms with E-state index in [1.165, 1.54) is 0 Å². The van der Waals surface area contributed by atoms with E-state index in [-0.39, 0.29) is 23.9 Å². The highest BCUT2D eigenvalue weighted by Crippen LogP contribution is 2.28. The van der Waals surface area contributed by atoms with Crippen LogP contribution in [0, 0.1) is 11.3 Å². The van der Waals surface area contributed by atoms with Crippen molar-refractivity contribution in [2.45, 2.75) is 25.2 Å². The zero-order chi connectivity index (χ0) is 11.5. The number of ketones is 2. The first-order chi connectivity index (χ1) is 7.70. The molecule has 3 heteroatoms. The number of carbonyl (C=O) groups is 2. The van der Waals surface area contributed by atoms with E-state index in [0.29, 0.717) is 18.4 Å². The molecular weight excluding hydrogens is 202 g/mol. The summed E-state index contributed by atoms with van der Waals surface area (Å²) in [4.78, 5) is 22.8. The first-order valence-electron chi connectivity index (χ1n) is 5.25. The summed E-state index contributed by atoms with van der Waals surface area (Å²) in [7, 11) is 0. The van der Waals surface area contributed by atoms with Crippen LogP contribution in [0.15, 0.2) is 24.3 Å². The van der Waals surface area contributed by atoms with Crippen molar-refractivity contribution < 1.29 is 9.59 Å². The van der Waals surface area contributed by atoms with Gasteiger partial charge in [-0.3, -0.25) is 9.59 Å². The molecule has 1 aromatic rings. The molecule has 1 aromatic carbocycles. The van der Waals surface area contributed by atoms with E-state index in [9.17, 15) is 9.59 Å². The number of benzene rings is 1. The van der Waals surface area contributed by atoms with E-state index in [1.807, 2.05) is 6.07 Å². The monoisotopic (exact) mass is 213 g/mol. The zero-order valence-corrected chi connectivity index (χ0v) is 8.77. The molecule has 1 unspecified atom stereocenters. The first kappa shape index (κ1) is 10.6. The molecule has 1 atom stereocenters. The SMILES string of the molecule is N#Cc1ccc(C2CCC(=O)CC2=O)cc1. The molecule has 1 saturated carbocycles. The van der Waals surface area contributed by atoms with Gasteiger partial charge in [-0.1, -0.05) is 12.1 Å². The van der Waals surface area contributed by atoms with Crippen molar-refractivity contribution in [3.05, 3.63) is 35.4 Å². The van der Waals surface area contributed by atoms with Crippen LogP contribution in [-0.4, -0.2) is 11.6 Å². The van der Waals surface area contributed by atoms with Gasteiger partial charge in [0.05, 0.1) is 18.1 Å². The number of hydrogen-bond acceptors (Lipinski definition) is 3. The number of Topliss-reactive ketones (excluding diaryl/α,β-unsaturated/α-hetero) is 2. The molecule has 1 aliphatic carbocycles. The van der Waals surface area contributed by atoms with Gasteiger partial charge in [-0.2, -0.15) is 5.26 Å². The fraction of sp³-hybridized carbons (Fsp3) is 0.308. The molecule has 0 aromatic heterocycles. The van der Waals surface area contributed by atoms with Crippen LogP contribution in [0.5, 0.6) is 0 Å². The van der Waals surface area contributed by atoms with E-state index in [1.54, 1.807) is 24.3 Å². The lowest BCUT2D eigenvalue weighted by Gasteiger charge is -2.19. The van der Waals surface area contributed by atoms with Crippen LogP contribution in [0.2, 0.25) is 0 Å². The summed E-state index contributed by atoms with van der Waals surface area (Å²) in [6.07, 6.45) is 1.14. The standard InChI is InChI=1S/C13H11NO2/c14-8-9-1-3-10(4-2-9)12-6-5-11(15)7-13(12)16/h1-4,12H,5-7H2. The van der Waals surface area contributed by atoms with Crippen LogP contribution in [0.25, 0.3) is 0 Å². The van der Waals surface area contributed by atoms with Gasteiger partial charge in [0.25, 0.3) is 0 Å². The maximum atomic E-state index is 11.7. The Hall–Kier alpha value is -1.95. The Morgan fingerprint density at radius 2 is 1.88 bits per heavy atom. The molecule has 0 amide bonds. The third-order valence-electron chi connectivity index (χ3n) is 2.91. The smallest absolute Gasteiger partial charge is 0.147 e. The minimum atomic E-state index is -0.162. The molecule has 0 heterocycles. The van der Waals surface area contributed by atoms with Gasteiger partial charge in [-0.05, 0) is 24.1 Å². The van der Waals surface area contributed by atoms with E-state index >= 15 is 0 Å². The molecule has 0 saturated heterocycles. The predicted molar refractivity (Wildman–Crippen MR) is 57.8 cm³/mol. The highest BCUT2D eigenvalue weighted by molar-refractivity contribution is 6.04. The fourth-order valence-electron chi connectivity index (χ4n) is 2.01. The largest absolute Gasteiger partial charge is 0.299 e. The highest BCUT2D eigenvalue weighted by atomic mass is 16.1. The Bertz CT molecular complexity index is 468. The Labute approximate surface area is 93.7 Å². The lowest BCUT2D eigenvalue weighted by Crippen LogP contribution is -2.23.